The zero-order valence-corrected chi connectivity index (χ0v) is 15.0. The van der Waals surface area contributed by atoms with Crippen LogP contribution in [0.5, 0.6) is 0 Å². The molecule has 7 heteroatoms. The molecule has 4 N–H and O–H groups in total. The number of benzene rings is 1. The fraction of sp³-hybridized carbons (Fsp3) is 0.278. The average Bonchev–Trinajstić information content (AvgIpc) is 2.54. The Morgan fingerprint density at radius 3 is 2.64 bits per heavy atom. The van der Waals surface area contributed by atoms with Crippen molar-refractivity contribution < 1.29 is 4.39 Å². The molecule has 0 saturated carbocycles. The van der Waals surface area contributed by atoms with E-state index in [4.69, 9.17) is 11.5 Å². The van der Waals surface area contributed by atoms with Gasteiger partial charge in [0, 0.05) is 11.8 Å². The average molecular weight is 362 g/mol. The number of nitrogens with two attached hydrogens (primary N) is 2. The summed E-state index contributed by atoms with van der Waals surface area (Å²) in [7, 11) is 0. The van der Waals surface area contributed by atoms with Crippen molar-refractivity contribution in [2.75, 3.05) is 0 Å². The van der Waals surface area contributed by atoms with Crippen molar-refractivity contribution in [3.8, 4) is 0 Å². The normalized spacial score (nSPS) is 17.6. The van der Waals surface area contributed by atoms with Crippen LogP contribution in [-0.4, -0.2) is 16.7 Å². The van der Waals surface area contributed by atoms with E-state index in [1.165, 1.54) is 6.07 Å². The summed E-state index contributed by atoms with van der Waals surface area (Å²) in [5.41, 5.74) is 16.7. The number of hydrogen-bond donors (Lipinski definition) is 2. The first-order chi connectivity index (χ1) is 11.5. The van der Waals surface area contributed by atoms with Crippen molar-refractivity contribution >= 4 is 24.1 Å². The van der Waals surface area contributed by atoms with Gasteiger partial charge >= 0.3 is 0 Å². The minimum atomic E-state index is -0.235. The topological polar surface area (TPSA) is 89.6 Å². The van der Waals surface area contributed by atoms with Gasteiger partial charge in [-0.1, -0.05) is 6.07 Å². The van der Waals surface area contributed by atoms with E-state index in [9.17, 15) is 4.39 Å². The molecule has 0 amide bonds. The van der Waals surface area contributed by atoms with E-state index < -0.39 is 0 Å². The van der Waals surface area contributed by atoms with E-state index in [1.807, 2.05) is 19.9 Å². The minimum absolute atomic E-state index is 0. The van der Waals surface area contributed by atoms with Crippen LogP contribution in [-0.2, 0) is 6.42 Å². The van der Waals surface area contributed by atoms with Crippen molar-refractivity contribution in [3.05, 3.63) is 64.2 Å². The fourth-order valence-corrected chi connectivity index (χ4v) is 3.28. The fourth-order valence-electron chi connectivity index (χ4n) is 3.28. The van der Waals surface area contributed by atoms with E-state index in [0.29, 0.717) is 6.42 Å². The molecule has 1 aromatic carbocycles. The van der Waals surface area contributed by atoms with Gasteiger partial charge in [0.05, 0.1) is 11.4 Å². The molecule has 3 rings (SSSR count). The second-order valence-corrected chi connectivity index (χ2v) is 6.13. The summed E-state index contributed by atoms with van der Waals surface area (Å²) in [6.45, 7) is 4.00. The summed E-state index contributed by atoms with van der Waals surface area (Å²) >= 11 is 0. The number of hydrogen-bond acceptors (Lipinski definition) is 3. The van der Waals surface area contributed by atoms with Crippen LogP contribution in [0.1, 0.15) is 40.3 Å². The molecule has 0 bridgehead atoms. The van der Waals surface area contributed by atoms with Gasteiger partial charge in [-0.05, 0) is 67.5 Å². The number of aromatic nitrogens is 1. The van der Waals surface area contributed by atoms with Gasteiger partial charge in [-0.2, -0.15) is 5.10 Å². The lowest BCUT2D eigenvalue weighted by molar-refractivity contribution is 0.612. The zero-order chi connectivity index (χ0) is 17.3. The Kier molecular flexibility index (Phi) is 5.74. The molecule has 1 aromatic heterocycles. The lowest BCUT2D eigenvalue weighted by atomic mass is 9.79. The van der Waals surface area contributed by atoms with Crippen molar-refractivity contribution in [2.45, 2.75) is 32.6 Å². The third-order valence-corrected chi connectivity index (χ3v) is 4.37. The molecule has 0 spiro atoms. The van der Waals surface area contributed by atoms with Crippen LogP contribution in [0, 0.1) is 19.7 Å². The van der Waals surface area contributed by atoms with Gasteiger partial charge in [-0.3, -0.25) is 4.98 Å². The predicted octanol–water partition coefficient (Wildman–Crippen LogP) is 2.97. The molecule has 0 saturated heterocycles. The molecule has 1 aliphatic rings. The molecular weight excluding hydrogens is 341 g/mol. The van der Waals surface area contributed by atoms with E-state index >= 15 is 0 Å². The number of pyridine rings is 1. The monoisotopic (exact) mass is 361 g/mol. The highest BCUT2D eigenvalue weighted by molar-refractivity contribution is 6.04. The van der Waals surface area contributed by atoms with Crippen molar-refractivity contribution in [1.29, 1.82) is 0 Å². The maximum atomic E-state index is 13.7. The van der Waals surface area contributed by atoms with Gasteiger partial charge in [-0.25, -0.2) is 4.39 Å². The Hall–Kier alpha value is -2.47. The Morgan fingerprint density at radius 2 is 1.92 bits per heavy atom. The zero-order valence-electron chi connectivity index (χ0n) is 14.2. The molecule has 0 radical (unpaired) electrons. The first-order valence-corrected chi connectivity index (χ1v) is 7.82. The van der Waals surface area contributed by atoms with Crippen LogP contribution < -0.4 is 11.5 Å². The van der Waals surface area contributed by atoms with Gasteiger partial charge in [-0.15, -0.1) is 17.5 Å². The second-order valence-electron chi connectivity index (χ2n) is 6.13. The van der Waals surface area contributed by atoms with Gasteiger partial charge in [0.1, 0.15) is 5.82 Å². The van der Waals surface area contributed by atoms with Crippen molar-refractivity contribution in [3.63, 3.8) is 0 Å². The van der Waals surface area contributed by atoms with Crippen LogP contribution in [0.2, 0.25) is 0 Å². The van der Waals surface area contributed by atoms with Crippen molar-refractivity contribution in [2.24, 2.45) is 21.7 Å². The van der Waals surface area contributed by atoms with E-state index in [2.05, 4.69) is 15.2 Å². The third-order valence-electron chi connectivity index (χ3n) is 4.37. The van der Waals surface area contributed by atoms with Crippen LogP contribution in [0.25, 0.3) is 0 Å². The lowest BCUT2D eigenvalue weighted by Crippen LogP contribution is -2.24. The lowest BCUT2D eigenvalue weighted by Gasteiger charge is -2.27. The van der Waals surface area contributed by atoms with Crippen LogP contribution >= 0.6 is 12.4 Å². The molecule has 5 nitrogen and oxygen atoms in total. The number of nitrogens with zero attached hydrogens (tertiary/aromatic N) is 3. The van der Waals surface area contributed by atoms with Gasteiger partial charge < -0.3 is 11.5 Å². The SMILES string of the molecule is Cc1ccc(F)cc1C1CC(=NN=C(N)N)c2c(C)ccnc2C1.Cl. The van der Waals surface area contributed by atoms with E-state index in [-0.39, 0.29) is 30.1 Å². The number of guanidine groups is 1. The summed E-state index contributed by atoms with van der Waals surface area (Å²) in [5, 5.41) is 8.05. The predicted molar refractivity (Wildman–Crippen MR) is 101 cm³/mol. The van der Waals surface area contributed by atoms with Gasteiger partial charge in [0.15, 0.2) is 0 Å². The van der Waals surface area contributed by atoms with E-state index in [0.717, 1.165) is 40.1 Å². The number of halogens is 2. The Balaban J connectivity index is 0.00000225. The summed E-state index contributed by atoms with van der Waals surface area (Å²) < 4.78 is 13.7. The summed E-state index contributed by atoms with van der Waals surface area (Å²) in [4.78, 5) is 4.50. The van der Waals surface area contributed by atoms with E-state index in [1.54, 1.807) is 18.3 Å². The maximum absolute atomic E-state index is 13.7. The van der Waals surface area contributed by atoms with Gasteiger partial charge in [0.25, 0.3) is 0 Å². The highest BCUT2D eigenvalue weighted by Gasteiger charge is 2.28. The Labute approximate surface area is 152 Å². The largest absolute Gasteiger partial charge is 0.369 e. The third kappa shape index (κ3) is 3.96. The molecule has 2 aromatic rings. The number of rotatable bonds is 2. The minimum Gasteiger partial charge on any atom is -0.369 e. The first-order valence-electron chi connectivity index (χ1n) is 7.82. The number of fused-ring (bicyclic) bond motifs is 1. The molecular formula is C18H21ClFN5. The molecule has 1 heterocycles. The van der Waals surface area contributed by atoms with Crippen LogP contribution in [0.4, 0.5) is 4.39 Å². The standard InChI is InChI=1S/C18H20FN5.ClH/c1-10-3-4-13(19)9-14(10)12-7-15-17(11(2)5-6-22-15)16(8-12)23-24-18(20)21;/h3-6,9,12H,7-8H2,1-2H3,(H4,20,21,24);1H. The summed E-state index contributed by atoms with van der Waals surface area (Å²) in [6.07, 6.45) is 3.16. The van der Waals surface area contributed by atoms with Crippen molar-refractivity contribution in [1.82, 2.24) is 4.98 Å². The molecule has 1 unspecified atom stereocenters. The summed E-state index contributed by atoms with van der Waals surface area (Å²) in [6, 6.07) is 6.82. The Bertz CT molecular complexity index is 843. The second kappa shape index (κ2) is 7.61. The maximum Gasteiger partial charge on any atom is 0.211 e. The quantitative estimate of drug-likeness (QED) is 0.489. The Morgan fingerprint density at radius 1 is 1.16 bits per heavy atom. The molecule has 25 heavy (non-hydrogen) atoms. The molecule has 132 valence electrons. The summed E-state index contributed by atoms with van der Waals surface area (Å²) in [5.74, 6) is -0.230. The van der Waals surface area contributed by atoms with Gasteiger partial charge in [0.2, 0.25) is 5.96 Å². The molecule has 1 atom stereocenters. The molecule has 0 fully saturated rings. The first kappa shape index (κ1) is 18.9. The smallest absolute Gasteiger partial charge is 0.211 e. The highest BCUT2D eigenvalue weighted by Crippen LogP contribution is 2.35. The highest BCUT2D eigenvalue weighted by atomic mass is 35.5. The van der Waals surface area contributed by atoms with Crippen LogP contribution in [0.3, 0.4) is 0 Å². The van der Waals surface area contributed by atoms with Crippen LogP contribution in [0.15, 0.2) is 40.7 Å². The molecule has 1 aliphatic carbocycles. The number of aryl methyl sites for hydroxylation is 2. The molecule has 0 aliphatic heterocycles.